The highest BCUT2D eigenvalue weighted by Gasteiger charge is 2.31. The van der Waals surface area contributed by atoms with Crippen LogP contribution in [0, 0.1) is 10.1 Å². The van der Waals surface area contributed by atoms with Crippen LogP contribution in [0.1, 0.15) is 23.6 Å². The van der Waals surface area contributed by atoms with Crippen molar-refractivity contribution >= 4 is 21.4 Å². The Hall–Kier alpha value is -2.69. The molecule has 0 unspecified atom stereocenters. The van der Waals surface area contributed by atoms with Crippen molar-refractivity contribution in [3.8, 4) is 5.75 Å². The van der Waals surface area contributed by atoms with Gasteiger partial charge in [-0.25, -0.2) is 8.42 Å². The van der Waals surface area contributed by atoms with Crippen molar-refractivity contribution in [2.75, 3.05) is 38.5 Å². The lowest BCUT2D eigenvalue weighted by molar-refractivity contribution is -0.384. The molecule has 0 aromatic heterocycles. The van der Waals surface area contributed by atoms with Crippen LogP contribution in [0.15, 0.2) is 41.3 Å². The average Bonchev–Trinajstić information content (AvgIpc) is 3.12. The van der Waals surface area contributed by atoms with Crippen LogP contribution in [-0.2, 0) is 16.4 Å². The van der Waals surface area contributed by atoms with E-state index in [9.17, 15) is 23.6 Å². The summed E-state index contributed by atoms with van der Waals surface area (Å²) in [5.74, 6) is 0.222. The van der Waals surface area contributed by atoms with Crippen LogP contribution < -0.4 is 5.32 Å². The van der Waals surface area contributed by atoms with Crippen LogP contribution in [0.5, 0.6) is 5.75 Å². The summed E-state index contributed by atoms with van der Waals surface area (Å²) >= 11 is 0. The number of nitro benzene ring substituents is 1. The maximum Gasteiger partial charge on any atom is 0.293 e. The Morgan fingerprint density at radius 3 is 2.60 bits per heavy atom. The molecule has 0 radical (unpaired) electrons. The number of fused-ring (bicyclic) bond motifs is 1. The van der Waals surface area contributed by atoms with Crippen molar-refractivity contribution in [2.45, 2.75) is 23.8 Å². The van der Waals surface area contributed by atoms with Crippen LogP contribution in [0.3, 0.4) is 0 Å². The molecule has 2 N–H and O–H groups in total. The van der Waals surface area contributed by atoms with E-state index in [0.29, 0.717) is 39.0 Å². The minimum absolute atomic E-state index is 0.0752. The summed E-state index contributed by atoms with van der Waals surface area (Å²) in [6.45, 7) is 1.95. The molecular weight excluding hydrogens is 408 g/mol. The predicted octanol–water partition coefficient (Wildman–Crippen LogP) is 2.34. The Bertz CT molecular complexity index is 1080. The second-order valence-electron chi connectivity index (χ2n) is 7.72. The molecule has 2 aliphatic rings. The molecule has 160 valence electrons. The highest BCUT2D eigenvalue weighted by molar-refractivity contribution is 7.89. The molecule has 1 saturated heterocycles. The zero-order chi connectivity index (χ0) is 21.5. The van der Waals surface area contributed by atoms with E-state index in [2.05, 4.69) is 5.32 Å². The van der Waals surface area contributed by atoms with Crippen molar-refractivity contribution < 1.29 is 18.4 Å². The first-order valence-electron chi connectivity index (χ1n) is 9.82. The van der Waals surface area contributed by atoms with Crippen molar-refractivity contribution in [1.82, 2.24) is 9.21 Å². The summed E-state index contributed by atoms with van der Waals surface area (Å²) in [5, 5.41) is 24.9. The quantitative estimate of drug-likeness (QED) is 0.550. The number of phenols is 1. The van der Waals surface area contributed by atoms with Crippen molar-refractivity contribution in [3.63, 3.8) is 0 Å². The van der Waals surface area contributed by atoms with E-state index in [1.54, 1.807) is 12.1 Å². The molecule has 9 nitrogen and oxygen atoms in total. The number of benzene rings is 2. The Morgan fingerprint density at radius 1 is 1.17 bits per heavy atom. The van der Waals surface area contributed by atoms with Gasteiger partial charge in [0.2, 0.25) is 10.0 Å². The number of anilines is 1. The number of aromatic hydroxyl groups is 1. The summed E-state index contributed by atoms with van der Waals surface area (Å²) in [4.78, 5) is 13.1. The van der Waals surface area contributed by atoms with Gasteiger partial charge in [0.05, 0.1) is 15.9 Å². The molecule has 0 bridgehead atoms. The fourth-order valence-corrected chi connectivity index (χ4v) is 5.54. The van der Waals surface area contributed by atoms with E-state index in [-0.39, 0.29) is 28.1 Å². The van der Waals surface area contributed by atoms with Crippen LogP contribution in [0.2, 0.25) is 0 Å². The van der Waals surface area contributed by atoms with E-state index in [1.165, 1.54) is 16.4 Å². The third-order valence-corrected chi connectivity index (χ3v) is 7.74. The molecule has 1 atom stereocenters. The van der Waals surface area contributed by atoms with Crippen molar-refractivity contribution in [2.24, 2.45) is 0 Å². The second-order valence-corrected chi connectivity index (χ2v) is 9.66. The summed E-state index contributed by atoms with van der Waals surface area (Å²) < 4.78 is 27.3. The van der Waals surface area contributed by atoms with Gasteiger partial charge < -0.3 is 15.3 Å². The number of sulfonamides is 1. The van der Waals surface area contributed by atoms with E-state index in [0.717, 1.165) is 17.2 Å². The molecule has 1 aliphatic heterocycles. The number of hydrogen-bond donors (Lipinski definition) is 2. The summed E-state index contributed by atoms with van der Waals surface area (Å²) in [7, 11) is -1.87. The molecule has 10 heteroatoms. The summed E-state index contributed by atoms with van der Waals surface area (Å²) in [6.07, 6.45) is 1.36. The molecule has 1 aliphatic carbocycles. The minimum atomic E-state index is -3.80. The number of hydrogen-bond acceptors (Lipinski definition) is 7. The lowest BCUT2D eigenvalue weighted by Crippen LogP contribution is -2.47. The van der Waals surface area contributed by atoms with Gasteiger partial charge in [0.25, 0.3) is 5.69 Å². The summed E-state index contributed by atoms with van der Waals surface area (Å²) in [5.41, 5.74) is 1.72. The monoisotopic (exact) mass is 432 g/mol. The van der Waals surface area contributed by atoms with Gasteiger partial charge in [0.1, 0.15) is 11.4 Å². The van der Waals surface area contributed by atoms with Crippen LogP contribution in [-0.4, -0.2) is 60.9 Å². The van der Waals surface area contributed by atoms with Gasteiger partial charge >= 0.3 is 0 Å². The number of nitrogens with zero attached hydrogens (tertiary/aromatic N) is 3. The highest BCUT2D eigenvalue weighted by Crippen LogP contribution is 2.40. The SMILES string of the molecule is CN1CCN(S(=O)(=O)c2ccc(N[C@H]3CCc4c(O)cccc43)c([N+](=O)[O-])c2)CC1. The lowest BCUT2D eigenvalue weighted by atomic mass is 10.1. The first kappa shape index (κ1) is 20.6. The first-order chi connectivity index (χ1) is 14.3. The van der Waals surface area contributed by atoms with E-state index >= 15 is 0 Å². The molecule has 1 heterocycles. The van der Waals surface area contributed by atoms with Crippen molar-refractivity contribution in [3.05, 3.63) is 57.6 Å². The molecule has 30 heavy (non-hydrogen) atoms. The largest absolute Gasteiger partial charge is 0.508 e. The number of likely N-dealkylation sites (N-methyl/N-ethyl adjacent to an activating group) is 1. The minimum Gasteiger partial charge on any atom is -0.508 e. The Morgan fingerprint density at radius 2 is 1.90 bits per heavy atom. The normalized spacial score (nSPS) is 20.1. The van der Waals surface area contributed by atoms with E-state index < -0.39 is 14.9 Å². The third kappa shape index (κ3) is 3.73. The van der Waals surface area contributed by atoms with Gasteiger partial charge in [-0.05, 0) is 49.2 Å². The van der Waals surface area contributed by atoms with Gasteiger partial charge in [-0.2, -0.15) is 4.31 Å². The molecule has 2 aromatic carbocycles. The van der Waals surface area contributed by atoms with Crippen LogP contribution in [0.25, 0.3) is 0 Å². The number of nitro groups is 1. The fourth-order valence-electron chi connectivity index (χ4n) is 4.10. The highest BCUT2D eigenvalue weighted by atomic mass is 32.2. The maximum atomic E-state index is 13.0. The number of phenolic OH excluding ortho intramolecular Hbond substituents is 1. The second kappa shape index (κ2) is 7.86. The maximum absolute atomic E-state index is 13.0. The number of piperazine rings is 1. The molecular formula is C20H24N4O5S. The fraction of sp³-hybridized carbons (Fsp3) is 0.400. The predicted molar refractivity (Wildman–Crippen MR) is 112 cm³/mol. The van der Waals surface area contributed by atoms with Gasteiger partial charge in [-0.1, -0.05) is 12.1 Å². The smallest absolute Gasteiger partial charge is 0.293 e. The van der Waals surface area contributed by atoms with E-state index in [1.807, 2.05) is 18.0 Å². The standard InChI is InChI=1S/C20H24N4O5S/c1-22-9-11-23(12-10-22)30(28,29)14-5-7-18(19(13-14)24(26)27)21-17-8-6-16-15(17)3-2-4-20(16)25/h2-5,7,13,17,21,25H,6,8-12H2,1H3/t17-/m0/s1. The molecule has 0 amide bonds. The zero-order valence-electron chi connectivity index (χ0n) is 16.6. The van der Waals surface area contributed by atoms with Crippen LogP contribution in [0.4, 0.5) is 11.4 Å². The van der Waals surface area contributed by atoms with Gasteiger partial charge in [-0.3, -0.25) is 10.1 Å². The third-order valence-electron chi connectivity index (χ3n) is 5.84. The zero-order valence-corrected chi connectivity index (χ0v) is 17.4. The Kier molecular flexibility index (Phi) is 5.39. The van der Waals surface area contributed by atoms with E-state index in [4.69, 9.17) is 0 Å². The molecule has 1 fully saturated rings. The van der Waals surface area contributed by atoms with Crippen LogP contribution >= 0.6 is 0 Å². The topological polar surface area (TPSA) is 116 Å². The lowest BCUT2D eigenvalue weighted by Gasteiger charge is -2.31. The van der Waals surface area contributed by atoms with Crippen molar-refractivity contribution in [1.29, 1.82) is 0 Å². The number of rotatable bonds is 5. The molecule has 0 saturated carbocycles. The molecule has 2 aromatic rings. The number of nitrogens with one attached hydrogen (secondary N) is 1. The average molecular weight is 433 g/mol. The van der Waals surface area contributed by atoms with Gasteiger partial charge in [0.15, 0.2) is 0 Å². The van der Waals surface area contributed by atoms with Gasteiger partial charge in [0, 0.05) is 32.2 Å². The Balaban J connectivity index is 1.62. The first-order valence-corrected chi connectivity index (χ1v) is 11.3. The summed E-state index contributed by atoms with van der Waals surface area (Å²) in [6, 6.07) is 9.08. The molecule has 4 rings (SSSR count). The molecule has 0 spiro atoms. The Labute approximate surface area is 175 Å². The van der Waals surface area contributed by atoms with Gasteiger partial charge in [-0.15, -0.1) is 0 Å².